The second-order valence-corrected chi connectivity index (χ2v) is 5.44. The summed E-state index contributed by atoms with van der Waals surface area (Å²) in [5.74, 6) is 0.439. The molecule has 5 heteroatoms. The van der Waals surface area contributed by atoms with Crippen LogP contribution >= 0.6 is 39.1 Å². The van der Waals surface area contributed by atoms with Gasteiger partial charge in [-0.05, 0) is 35.8 Å². The maximum absolute atomic E-state index is 6.29. The fourth-order valence-corrected chi connectivity index (χ4v) is 2.52. The maximum atomic E-state index is 6.29. The van der Waals surface area contributed by atoms with Crippen LogP contribution in [0.2, 0.25) is 10.2 Å². The normalized spacial score (nSPS) is 11.2. The molecule has 0 fully saturated rings. The van der Waals surface area contributed by atoms with E-state index < -0.39 is 0 Å². The molecule has 0 N–H and O–H groups in total. The van der Waals surface area contributed by atoms with Gasteiger partial charge in [0.1, 0.15) is 0 Å². The minimum absolute atomic E-state index is 0.00333. The van der Waals surface area contributed by atoms with Crippen LogP contribution in [0, 0.1) is 0 Å². The summed E-state index contributed by atoms with van der Waals surface area (Å²) < 4.78 is 6.44. The minimum Gasteiger partial charge on any atom is -0.486 e. The Bertz CT molecular complexity index is 572. The number of aromatic nitrogens is 1. The van der Waals surface area contributed by atoms with Gasteiger partial charge < -0.3 is 4.74 Å². The largest absolute Gasteiger partial charge is 0.486 e. The molecule has 0 amide bonds. The standard InChI is InChI=1S/C12H10BrCl2NO/c1-6(2)17-11-9(14)7-4-3-5-8(13)10(7)16-12(11)15/h3-6H,1-2H3. The second-order valence-electron chi connectivity index (χ2n) is 3.85. The molecule has 1 aromatic heterocycles. The molecule has 90 valence electrons. The smallest absolute Gasteiger partial charge is 0.176 e. The number of ether oxygens (including phenoxy) is 1. The maximum Gasteiger partial charge on any atom is 0.176 e. The molecule has 1 heterocycles. The molecule has 0 atom stereocenters. The lowest BCUT2D eigenvalue weighted by Gasteiger charge is -2.14. The van der Waals surface area contributed by atoms with E-state index in [4.69, 9.17) is 27.9 Å². The summed E-state index contributed by atoms with van der Waals surface area (Å²) in [5.41, 5.74) is 0.735. The number of rotatable bonds is 2. The molecule has 0 unspecified atom stereocenters. The fourth-order valence-electron chi connectivity index (χ4n) is 1.50. The Morgan fingerprint density at radius 2 is 2.00 bits per heavy atom. The van der Waals surface area contributed by atoms with E-state index in [1.807, 2.05) is 32.0 Å². The number of halogens is 3. The van der Waals surface area contributed by atoms with Crippen molar-refractivity contribution in [3.8, 4) is 5.75 Å². The first kappa shape index (κ1) is 12.9. The van der Waals surface area contributed by atoms with Crippen LogP contribution in [0.3, 0.4) is 0 Å². The first-order valence-electron chi connectivity index (χ1n) is 5.10. The zero-order valence-electron chi connectivity index (χ0n) is 9.30. The molecular formula is C12H10BrCl2NO. The number of hydrogen-bond donors (Lipinski definition) is 0. The average molecular weight is 335 g/mol. The Labute approximate surface area is 118 Å². The summed E-state index contributed by atoms with van der Waals surface area (Å²) in [6.45, 7) is 3.83. The predicted octanol–water partition coefficient (Wildman–Crippen LogP) is 5.09. The van der Waals surface area contributed by atoms with Crippen molar-refractivity contribution in [1.82, 2.24) is 4.98 Å². The van der Waals surface area contributed by atoms with Gasteiger partial charge in [-0.3, -0.25) is 0 Å². The van der Waals surface area contributed by atoms with Crippen molar-refractivity contribution in [2.24, 2.45) is 0 Å². The monoisotopic (exact) mass is 333 g/mol. The summed E-state index contributed by atoms with van der Waals surface area (Å²) >= 11 is 15.8. The average Bonchev–Trinajstić information content (AvgIpc) is 2.26. The molecular weight excluding hydrogens is 325 g/mol. The first-order chi connectivity index (χ1) is 8.00. The molecule has 0 saturated heterocycles. The quantitative estimate of drug-likeness (QED) is 0.713. The third-order valence-electron chi connectivity index (χ3n) is 2.17. The summed E-state index contributed by atoms with van der Waals surface area (Å²) in [6, 6.07) is 5.68. The van der Waals surface area contributed by atoms with E-state index in [0.717, 1.165) is 15.4 Å². The molecule has 0 aliphatic rings. The summed E-state index contributed by atoms with van der Waals surface area (Å²) in [5, 5.41) is 1.60. The Morgan fingerprint density at radius 3 is 2.65 bits per heavy atom. The van der Waals surface area contributed by atoms with Gasteiger partial charge >= 0.3 is 0 Å². The zero-order valence-corrected chi connectivity index (χ0v) is 12.4. The predicted molar refractivity (Wildman–Crippen MR) is 75.2 cm³/mol. The Hall–Kier alpha value is -0.510. The number of hydrogen-bond acceptors (Lipinski definition) is 2. The number of fused-ring (bicyclic) bond motifs is 1. The van der Waals surface area contributed by atoms with Crippen molar-refractivity contribution in [3.05, 3.63) is 32.8 Å². The van der Waals surface area contributed by atoms with Gasteiger partial charge in [0.2, 0.25) is 0 Å². The van der Waals surface area contributed by atoms with Gasteiger partial charge in [-0.1, -0.05) is 35.3 Å². The fraction of sp³-hybridized carbons (Fsp3) is 0.250. The molecule has 0 saturated carbocycles. The molecule has 0 aliphatic heterocycles. The van der Waals surface area contributed by atoms with Gasteiger partial charge in [-0.15, -0.1) is 0 Å². The highest BCUT2D eigenvalue weighted by atomic mass is 79.9. The highest BCUT2D eigenvalue weighted by Crippen LogP contribution is 2.39. The number of para-hydroxylation sites is 1. The summed E-state index contributed by atoms with van der Waals surface area (Å²) in [4.78, 5) is 4.30. The van der Waals surface area contributed by atoms with E-state index in [-0.39, 0.29) is 11.3 Å². The lowest BCUT2D eigenvalue weighted by Crippen LogP contribution is -2.07. The van der Waals surface area contributed by atoms with Crippen molar-refractivity contribution in [3.63, 3.8) is 0 Å². The van der Waals surface area contributed by atoms with Crippen molar-refractivity contribution in [2.75, 3.05) is 0 Å². The molecule has 2 rings (SSSR count). The van der Waals surface area contributed by atoms with Crippen LogP contribution in [0.5, 0.6) is 5.75 Å². The van der Waals surface area contributed by atoms with Gasteiger partial charge in [-0.2, -0.15) is 0 Å². The third kappa shape index (κ3) is 2.51. The van der Waals surface area contributed by atoms with Gasteiger partial charge in [0.15, 0.2) is 10.9 Å². The van der Waals surface area contributed by atoms with Crippen LogP contribution in [-0.2, 0) is 0 Å². The molecule has 2 nitrogen and oxygen atoms in total. The Morgan fingerprint density at radius 1 is 1.29 bits per heavy atom. The van der Waals surface area contributed by atoms with E-state index in [9.17, 15) is 0 Å². The van der Waals surface area contributed by atoms with Crippen molar-refractivity contribution < 1.29 is 4.74 Å². The first-order valence-corrected chi connectivity index (χ1v) is 6.65. The van der Waals surface area contributed by atoms with Crippen LogP contribution in [0.25, 0.3) is 10.9 Å². The van der Waals surface area contributed by atoms with Gasteiger partial charge in [0.25, 0.3) is 0 Å². The van der Waals surface area contributed by atoms with Crippen LogP contribution in [-0.4, -0.2) is 11.1 Å². The number of benzene rings is 1. The van der Waals surface area contributed by atoms with Crippen molar-refractivity contribution >= 4 is 50.0 Å². The minimum atomic E-state index is -0.00333. The van der Waals surface area contributed by atoms with E-state index in [1.54, 1.807) is 0 Å². The van der Waals surface area contributed by atoms with Crippen LogP contribution in [0.1, 0.15) is 13.8 Å². The number of pyridine rings is 1. The highest BCUT2D eigenvalue weighted by molar-refractivity contribution is 9.10. The van der Waals surface area contributed by atoms with Crippen LogP contribution in [0.15, 0.2) is 22.7 Å². The molecule has 2 aromatic rings. The summed E-state index contributed by atoms with van der Waals surface area (Å²) in [6.07, 6.45) is -0.00333. The highest BCUT2D eigenvalue weighted by Gasteiger charge is 2.16. The van der Waals surface area contributed by atoms with Crippen molar-refractivity contribution in [2.45, 2.75) is 20.0 Å². The zero-order chi connectivity index (χ0) is 12.6. The second kappa shape index (κ2) is 5.01. The van der Waals surface area contributed by atoms with Crippen molar-refractivity contribution in [1.29, 1.82) is 0 Å². The topological polar surface area (TPSA) is 22.1 Å². The molecule has 0 spiro atoms. The van der Waals surface area contributed by atoms with Crippen LogP contribution in [0.4, 0.5) is 0 Å². The van der Waals surface area contributed by atoms with Gasteiger partial charge in [0.05, 0.1) is 16.6 Å². The molecule has 0 radical (unpaired) electrons. The van der Waals surface area contributed by atoms with Gasteiger partial charge in [-0.25, -0.2) is 4.98 Å². The number of nitrogens with zero attached hydrogens (tertiary/aromatic N) is 1. The molecule has 17 heavy (non-hydrogen) atoms. The van der Waals surface area contributed by atoms with E-state index >= 15 is 0 Å². The molecule has 0 aliphatic carbocycles. The van der Waals surface area contributed by atoms with Crippen LogP contribution < -0.4 is 4.74 Å². The van der Waals surface area contributed by atoms with Gasteiger partial charge in [0, 0.05) is 9.86 Å². The molecule has 1 aromatic carbocycles. The SMILES string of the molecule is CC(C)Oc1c(Cl)nc2c(Br)cccc2c1Cl. The Balaban J connectivity index is 2.72. The van der Waals surface area contributed by atoms with E-state index in [0.29, 0.717) is 10.8 Å². The summed E-state index contributed by atoms with van der Waals surface area (Å²) in [7, 11) is 0. The Kier molecular flexibility index (Phi) is 3.81. The molecule has 0 bridgehead atoms. The third-order valence-corrected chi connectivity index (χ3v) is 3.44. The van der Waals surface area contributed by atoms with E-state index in [2.05, 4.69) is 20.9 Å². The lowest BCUT2D eigenvalue weighted by molar-refractivity contribution is 0.242. The lowest BCUT2D eigenvalue weighted by atomic mass is 10.2. The van der Waals surface area contributed by atoms with E-state index in [1.165, 1.54) is 0 Å².